The predicted molar refractivity (Wildman–Crippen MR) is 128 cm³/mol. The van der Waals surface area contributed by atoms with Crippen molar-refractivity contribution in [3.8, 4) is 11.5 Å². The number of ether oxygens (including phenoxy) is 2. The van der Waals surface area contributed by atoms with Crippen molar-refractivity contribution in [3.05, 3.63) is 69.6 Å². The Bertz CT molecular complexity index is 1320. The first kappa shape index (κ1) is 25.4. The van der Waals surface area contributed by atoms with Crippen LogP contribution in [0.2, 0.25) is 5.28 Å². The predicted octanol–water partition coefficient (Wildman–Crippen LogP) is 5.08. The van der Waals surface area contributed by atoms with Gasteiger partial charge in [-0.05, 0) is 54.4 Å². The number of carbonyl (C=O) groups is 1. The van der Waals surface area contributed by atoms with Crippen molar-refractivity contribution in [3.63, 3.8) is 0 Å². The Kier molecular flexibility index (Phi) is 6.85. The van der Waals surface area contributed by atoms with Crippen LogP contribution in [0.25, 0.3) is 0 Å². The normalized spacial score (nSPS) is 13.8. The van der Waals surface area contributed by atoms with Crippen molar-refractivity contribution in [2.75, 3.05) is 25.3 Å². The van der Waals surface area contributed by atoms with Gasteiger partial charge in [-0.1, -0.05) is 6.07 Å². The number of aromatic nitrogens is 2. The molecule has 8 nitrogen and oxygen atoms in total. The van der Waals surface area contributed by atoms with Crippen LogP contribution in [-0.2, 0) is 19.3 Å². The molecule has 190 valence electrons. The van der Waals surface area contributed by atoms with Crippen LogP contribution in [0.4, 0.5) is 24.7 Å². The van der Waals surface area contributed by atoms with Crippen LogP contribution in [0.15, 0.2) is 36.4 Å². The molecule has 0 aliphatic carbocycles. The molecule has 0 saturated carbocycles. The van der Waals surface area contributed by atoms with E-state index in [2.05, 4.69) is 15.3 Å². The number of hydrogen-bond acceptors (Lipinski definition) is 7. The van der Waals surface area contributed by atoms with Gasteiger partial charge in [0.2, 0.25) is 5.28 Å². The molecule has 0 saturated heterocycles. The van der Waals surface area contributed by atoms with E-state index < -0.39 is 17.8 Å². The molecule has 0 unspecified atom stereocenters. The molecule has 1 aliphatic heterocycles. The second-order valence-corrected chi connectivity index (χ2v) is 8.56. The van der Waals surface area contributed by atoms with E-state index >= 15 is 0 Å². The standard InChI is InChI=1S/C24H23ClF3N5O3/c1-12(13-7-14(24(26,27)28)9-15(29)8-13)30-21-17-10-33(11-18(17)31-23(25)32-21)22(34)16-5-4-6-19(35-2)20(16)36-3/h4-9,12H,10-11,29H2,1-3H3,(H,30,31,32)/t12-/m1/s1. The Morgan fingerprint density at radius 2 is 1.92 bits per heavy atom. The summed E-state index contributed by atoms with van der Waals surface area (Å²) >= 11 is 6.13. The molecule has 1 amide bonds. The zero-order chi connectivity index (χ0) is 26.2. The summed E-state index contributed by atoms with van der Waals surface area (Å²) in [6.07, 6.45) is -4.54. The number of nitrogens with one attached hydrogen (secondary N) is 1. The number of para-hydroxylation sites is 1. The number of amides is 1. The molecule has 3 N–H and O–H groups in total. The molecular formula is C24H23ClF3N5O3. The molecule has 2 heterocycles. The number of carbonyl (C=O) groups excluding carboxylic acids is 1. The number of nitrogens with two attached hydrogens (primary N) is 1. The minimum Gasteiger partial charge on any atom is -0.493 e. The van der Waals surface area contributed by atoms with Gasteiger partial charge in [-0.15, -0.1) is 0 Å². The third-order valence-electron chi connectivity index (χ3n) is 5.83. The van der Waals surface area contributed by atoms with Gasteiger partial charge in [-0.2, -0.15) is 13.2 Å². The second kappa shape index (κ2) is 9.73. The molecular weight excluding hydrogens is 499 g/mol. The van der Waals surface area contributed by atoms with Gasteiger partial charge in [0.05, 0.1) is 50.2 Å². The van der Waals surface area contributed by atoms with Gasteiger partial charge in [0.1, 0.15) is 5.82 Å². The Morgan fingerprint density at radius 1 is 1.17 bits per heavy atom. The number of fused-ring (bicyclic) bond motifs is 1. The van der Waals surface area contributed by atoms with Crippen LogP contribution in [-0.4, -0.2) is 35.0 Å². The van der Waals surface area contributed by atoms with Crippen molar-refractivity contribution in [1.29, 1.82) is 0 Å². The summed E-state index contributed by atoms with van der Waals surface area (Å²) in [5.74, 6) is 0.726. The summed E-state index contributed by atoms with van der Waals surface area (Å²) in [5, 5.41) is 3.05. The number of hydrogen-bond donors (Lipinski definition) is 2. The van der Waals surface area contributed by atoms with Crippen LogP contribution in [0.1, 0.15) is 45.7 Å². The molecule has 0 fully saturated rings. The fourth-order valence-electron chi connectivity index (χ4n) is 4.09. The fraction of sp³-hybridized carbons (Fsp3) is 0.292. The third kappa shape index (κ3) is 4.97. The Labute approximate surface area is 210 Å². The van der Waals surface area contributed by atoms with E-state index in [1.807, 2.05) is 0 Å². The summed E-state index contributed by atoms with van der Waals surface area (Å²) < 4.78 is 50.5. The molecule has 1 aromatic heterocycles. The van der Waals surface area contributed by atoms with Gasteiger partial charge in [0, 0.05) is 11.3 Å². The van der Waals surface area contributed by atoms with E-state index in [1.165, 1.54) is 20.3 Å². The molecule has 0 spiro atoms. The lowest BCUT2D eigenvalue weighted by molar-refractivity contribution is -0.137. The van der Waals surface area contributed by atoms with E-state index in [4.69, 9.17) is 26.8 Å². The summed E-state index contributed by atoms with van der Waals surface area (Å²) in [7, 11) is 2.93. The summed E-state index contributed by atoms with van der Waals surface area (Å²) in [6, 6.07) is 7.76. The summed E-state index contributed by atoms with van der Waals surface area (Å²) in [5.41, 5.74) is 6.63. The zero-order valence-electron chi connectivity index (χ0n) is 19.6. The highest BCUT2D eigenvalue weighted by molar-refractivity contribution is 6.28. The topological polar surface area (TPSA) is 103 Å². The minimum atomic E-state index is -4.54. The van der Waals surface area contributed by atoms with Crippen molar-refractivity contribution < 1.29 is 27.4 Å². The Hall–Kier alpha value is -3.73. The molecule has 4 rings (SSSR count). The smallest absolute Gasteiger partial charge is 0.416 e. The number of methoxy groups -OCH3 is 2. The molecule has 2 aromatic carbocycles. The number of rotatable bonds is 6. The lowest BCUT2D eigenvalue weighted by Gasteiger charge is -2.20. The quantitative estimate of drug-likeness (QED) is 0.344. The third-order valence-corrected chi connectivity index (χ3v) is 6.00. The number of benzene rings is 2. The van der Waals surface area contributed by atoms with E-state index in [9.17, 15) is 18.0 Å². The van der Waals surface area contributed by atoms with E-state index in [1.54, 1.807) is 30.0 Å². The van der Waals surface area contributed by atoms with E-state index in [0.29, 0.717) is 39.7 Å². The average Bonchev–Trinajstić information content (AvgIpc) is 3.26. The van der Waals surface area contributed by atoms with Gasteiger partial charge >= 0.3 is 6.18 Å². The van der Waals surface area contributed by atoms with Crippen LogP contribution < -0.4 is 20.5 Å². The van der Waals surface area contributed by atoms with Crippen molar-refractivity contribution in [2.45, 2.75) is 32.2 Å². The number of nitrogens with zero attached hydrogens (tertiary/aromatic N) is 3. The first-order chi connectivity index (χ1) is 17.0. The SMILES string of the molecule is COc1cccc(C(=O)N2Cc3nc(Cl)nc(N[C@H](C)c4cc(N)cc(C(F)(F)F)c4)c3C2)c1OC. The lowest BCUT2D eigenvalue weighted by atomic mass is 10.0. The van der Waals surface area contributed by atoms with Crippen LogP contribution in [0.3, 0.4) is 0 Å². The number of anilines is 2. The van der Waals surface area contributed by atoms with Gasteiger partial charge in [0.15, 0.2) is 11.5 Å². The number of alkyl halides is 3. The molecule has 0 bridgehead atoms. The van der Waals surface area contributed by atoms with Gasteiger partial charge in [-0.3, -0.25) is 4.79 Å². The van der Waals surface area contributed by atoms with Gasteiger partial charge in [-0.25, -0.2) is 9.97 Å². The zero-order valence-corrected chi connectivity index (χ0v) is 20.4. The van der Waals surface area contributed by atoms with Crippen molar-refractivity contribution >= 4 is 29.0 Å². The maximum atomic E-state index is 13.3. The highest BCUT2D eigenvalue weighted by Gasteiger charge is 2.33. The number of halogens is 4. The Morgan fingerprint density at radius 3 is 2.58 bits per heavy atom. The number of nitrogen functional groups attached to an aromatic ring is 1. The largest absolute Gasteiger partial charge is 0.493 e. The first-order valence-corrected chi connectivity index (χ1v) is 11.2. The summed E-state index contributed by atoms with van der Waals surface area (Å²) in [6.45, 7) is 2.00. The second-order valence-electron chi connectivity index (χ2n) is 8.22. The van der Waals surface area contributed by atoms with Crippen LogP contribution in [0.5, 0.6) is 11.5 Å². The first-order valence-electron chi connectivity index (χ1n) is 10.8. The molecule has 36 heavy (non-hydrogen) atoms. The maximum Gasteiger partial charge on any atom is 0.416 e. The van der Waals surface area contributed by atoms with Crippen LogP contribution in [0, 0.1) is 0 Å². The van der Waals surface area contributed by atoms with Gasteiger partial charge in [0.25, 0.3) is 5.91 Å². The van der Waals surface area contributed by atoms with E-state index in [-0.39, 0.29) is 30.0 Å². The highest BCUT2D eigenvalue weighted by Crippen LogP contribution is 2.37. The maximum absolute atomic E-state index is 13.3. The Balaban J connectivity index is 1.62. The molecule has 0 radical (unpaired) electrons. The van der Waals surface area contributed by atoms with Crippen molar-refractivity contribution in [1.82, 2.24) is 14.9 Å². The molecule has 12 heteroatoms. The van der Waals surface area contributed by atoms with Gasteiger partial charge < -0.3 is 25.4 Å². The highest BCUT2D eigenvalue weighted by atomic mass is 35.5. The lowest BCUT2D eigenvalue weighted by Crippen LogP contribution is -2.26. The van der Waals surface area contributed by atoms with E-state index in [0.717, 1.165) is 12.1 Å². The summed E-state index contributed by atoms with van der Waals surface area (Å²) in [4.78, 5) is 23.4. The molecule has 1 atom stereocenters. The molecule has 3 aromatic rings. The van der Waals surface area contributed by atoms with Crippen molar-refractivity contribution in [2.24, 2.45) is 0 Å². The average molecular weight is 522 g/mol. The molecule has 1 aliphatic rings. The monoisotopic (exact) mass is 521 g/mol. The van der Waals surface area contributed by atoms with Crippen LogP contribution >= 0.6 is 11.6 Å². The fourth-order valence-corrected chi connectivity index (χ4v) is 4.28. The minimum absolute atomic E-state index is 0.0107.